The molecule has 0 aromatic rings. The number of allylic oxidation sites excluding steroid dienone is 2. The molecule has 0 amide bonds. The summed E-state index contributed by atoms with van der Waals surface area (Å²) in [5, 5.41) is 0. The van der Waals surface area contributed by atoms with Crippen LogP contribution < -0.4 is 0 Å². The number of ether oxygens (including phenoxy) is 1. The number of hydrogen-bond donors (Lipinski definition) is 0. The maximum absolute atomic E-state index is 11.4. The highest BCUT2D eigenvalue weighted by Crippen LogP contribution is 2.06. The molecule has 86 valence electrons. The second kappa shape index (κ2) is 7.04. The van der Waals surface area contributed by atoms with Crippen molar-refractivity contribution in [3.8, 4) is 0 Å². The molecule has 0 aliphatic rings. The van der Waals surface area contributed by atoms with Crippen molar-refractivity contribution in [1.82, 2.24) is 4.90 Å². The molecule has 0 heterocycles. The van der Waals surface area contributed by atoms with Gasteiger partial charge in [0.05, 0.1) is 7.11 Å². The molecule has 15 heavy (non-hydrogen) atoms. The van der Waals surface area contributed by atoms with Crippen molar-refractivity contribution < 1.29 is 9.53 Å². The van der Waals surface area contributed by atoms with Gasteiger partial charge in [-0.2, -0.15) is 0 Å². The second-order valence-corrected chi connectivity index (χ2v) is 3.28. The lowest BCUT2D eigenvalue weighted by molar-refractivity contribution is -0.133. The van der Waals surface area contributed by atoms with Crippen LogP contribution >= 0.6 is 0 Å². The average Bonchev–Trinajstić information content (AvgIpc) is 2.22. The minimum atomic E-state index is -0.407. The van der Waals surface area contributed by atoms with Gasteiger partial charge in [-0.05, 0) is 12.8 Å². The summed E-state index contributed by atoms with van der Waals surface area (Å²) in [6.45, 7) is 4.05. The molecule has 0 saturated heterocycles. The van der Waals surface area contributed by atoms with Gasteiger partial charge in [0.25, 0.3) is 0 Å². The Morgan fingerprint density at radius 1 is 1.40 bits per heavy atom. The van der Waals surface area contributed by atoms with Crippen molar-refractivity contribution in [3.63, 3.8) is 0 Å². The third-order valence-electron chi connectivity index (χ3n) is 1.84. The van der Waals surface area contributed by atoms with Crippen molar-refractivity contribution in [3.05, 3.63) is 11.8 Å². The van der Waals surface area contributed by atoms with Crippen LogP contribution in [0.25, 0.3) is 0 Å². The van der Waals surface area contributed by atoms with E-state index < -0.39 is 5.97 Å². The quantitative estimate of drug-likeness (QED) is 0.407. The number of hydrogen-bond acceptors (Lipinski definition) is 3. The molecular weight excluding hydrogens is 192 g/mol. The monoisotopic (exact) mass is 212 g/mol. The Morgan fingerprint density at radius 2 is 2.00 bits per heavy atom. The van der Waals surface area contributed by atoms with Crippen molar-refractivity contribution in [2.75, 3.05) is 21.2 Å². The summed E-state index contributed by atoms with van der Waals surface area (Å²) in [5.74, 6) is -0.0745. The topological polar surface area (TPSA) is 41.9 Å². The van der Waals surface area contributed by atoms with Crippen LogP contribution in [0.15, 0.2) is 16.8 Å². The highest BCUT2D eigenvalue weighted by atomic mass is 16.5. The van der Waals surface area contributed by atoms with E-state index in [2.05, 4.69) is 9.73 Å². The number of likely N-dealkylation sites (N-methyl/N-ethyl adjacent to an activating group) is 1. The van der Waals surface area contributed by atoms with Crippen molar-refractivity contribution >= 4 is 11.8 Å². The largest absolute Gasteiger partial charge is 0.463 e. The van der Waals surface area contributed by atoms with Crippen LogP contribution in [0.2, 0.25) is 0 Å². The molecule has 0 N–H and O–H groups in total. The molecule has 0 aromatic heterocycles. The fourth-order valence-electron chi connectivity index (χ4n) is 1.06. The molecule has 0 spiro atoms. The third-order valence-corrected chi connectivity index (χ3v) is 1.84. The Labute approximate surface area is 91.6 Å². The zero-order chi connectivity index (χ0) is 11.8. The molecule has 4 heteroatoms. The van der Waals surface area contributed by atoms with Crippen molar-refractivity contribution in [1.29, 1.82) is 0 Å². The lowest BCUT2D eigenvalue weighted by Crippen LogP contribution is -2.31. The Hall–Kier alpha value is -1.32. The number of nitrogens with zero attached hydrogens (tertiary/aromatic N) is 2. The van der Waals surface area contributed by atoms with E-state index in [1.54, 1.807) is 19.0 Å². The van der Waals surface area contributed by atoms with E-state index in [1.165, 1.54) is 7.11 Å². The first-order valence-corrected chi connectivity index (χ1v) is 5.10. The van der Waals surface area contributed by atoms with Crippen LogP contribution in [0.5, 0.6) is 0 Å². The number of methoxy groups -OCH3 is 1. The summed E-state index contributed by atoms with van der Waals surface area (Å²) in [6.07, 6.45) is 3.73. The number of esters is 1. The van der Waals surface area contributed by atoms with Crippen LogP contribution in [0, 0.1) is 0 Å². The van der Waals surface area contributed by atoms with Crippen LogP contribution in [0.1, 0.15) is 26.7 Å². The van der Waals surface area contributed by atoms with Gasteiger partial charge >= 0.3 is 5.97 Å². The van der Waals surface area contributed by atoms with Crippen LogP contribution in [0.3, 0.4) is 0 Å². The van der Waals surface area contributed by atoms with Gasteiger partial charge < -0.3 is 9.64 Å². The van der Waals surface area contributed by atoms with E-state index in [9.17, 15) is 4.79 Å². The second-order valence-electron chi connectivity index (χ2n) is 3.28. The highest BCUT2D eigenvalue weighted by Gasteiger charge is 2.14. The summed E-state index contributed by atoms with van der Waals surface area (Å²) in [6, 6.07) is 0. The SMILES string of the molecule is CC/C=C(\CC)N=C(C(=O)OC)N(C)C. The summed E-state index contributed by atoms with van der Waals surface area (Å²) in [5.41, 5.74) is 0.909. The van der Waals surface area contributed by atoms with Gasteiger partial charge in [-0.15, -0.1) is 0 Å². The van der Waals surface area contributed by atoms with Crippen LogP contribution in [-0.4, -0.2) is 37.9 Å². The summed E-state index contributed by atoms with van der Waals surface area (Å²) >= 11 is 0. The first-order valence-electron chi connectivity index (χ1n) is 5.10. The predicted octanol–water partition coefficient (Wildman–Crippen LogP) is 1.82. The maximum Gasteiger partial charge on any atom is 0.373 e. The number of carbonyl (C=O) groups is 1. The number of amidine groups is 1. The fourth-order valence-corrected chi connectivity index (χ4v) is 1.06. The van der Waals surface area contributed by atoms with E-state index in [1.807, 2.05) is 19.9 Å². The van der Waals surface area contributed by atoms with Crippen LogP contribution in [-0.2, 0) is 9.53 Å². The van der Waals surface area contributed by atoms with E-state index >= 15 is 0 Å². The Bertz CT molecular complexity index is 268. The molecule has 0 bridgehead atoms. The molecule has 0 radical (unpaired) electrons. The van der Waals surface area contributed by atoms with Crippen LogP contribution in [0.4, 0.5) is 0 Å². The number of aliphatic imine (C=N–C) groups is 1. The predicted molar refractivity (Wildman–Crippen MR) is 61.8 cm³/mol. The molecule has 0 aliphatic heterocycles. The zero-order valence-electron chi connectivity index (χ0n) is 10.2. The Morgan fingerprint density at radius 3 is 2.33 bits per heavy atom. The molecular formula is C11H20N2O2. The Balaban J connectivity index is 4.97. The van der Waals surface area contributed by atoms with E-state index in [-0.39, 0.29) is 0 Å². The van der Waals surface area contributed by atoms with Gasteiger partial charge in [0.15, 0.2) is 0 Å². The van der Waals surface area contributed by atoms with Crippen molar-refractivity contribution in [2.45, 2.75) is 26.7 Å². The summed E-state index contributed by atoms with van der Waals surface area (Å²) in [4.78, 5) is 17.3. The summed E-state index contributed by atoms with van der Waals surface area (Å²) < 4.78 is 4.66. The van der Waals surface area contributed by atoms with Crippen molar-refractivity contribution in [2.24, 2.45) is 4.99 Å². The van der Waals surface area contributed by atoms with E-state index in [0.717, 1.165) is 18.5 Å². The van der Waals surface area contributed by atoms with E-state index in [4.69, 9.17) is 0 Å². The zero-order valence-corrected chi connectivity index (χ0v) is 10.2. The fraction of sp³-hybridized carbons (Fsp3) is 0.636. The molecule has 0 saturated carbocycles. The molecule has 0 rings (SSSR count). The van der Waals surface area contributed by atoms with Gasteiger partial charge in [-0.3, -0.25) is 0 Å². The normalized spacial score (nSPS) is 12.6. The van der Waals surface area contributed by atoms with Gasteiger partial charge in [0.1, 0.15) is 0 Å². The first-order chi connectivity index (χ1) is 7.06. The van der Waals surface area contributed by atoms with Gasteiger partial charge in [0.2, 0.25) is 5.84 Å². The first kappa shape index (κ1) is 13.7. The number of rotatable bonds is 3. The standard InChI is InChI=1S/C11H20N2O2/c1-6-8-9(7-2)12-10(13(3)4)11(14)15-5/h8H,6-7H2,1-5H3/b9-8+,12-10?. The molecule has 0 unspecified atom stereocenters. The van der Waals surface area contributed by atoms with E-state index in [0.29, 0.717) is 5.84 Å². The Kier molecular flexibility index (Phi) is 6.42. The molecule has 0 aliphatic carbocycles. The maximum atomic E-state index is 11.4. The average molecular weight is 212 g/mol. The molecule has 0 atom stereocenters. The summed E-state index contributed by atoms with van der Waals surface area (Å²) in [7, 11) is 4.90. The lowest BCUT2D eigenvalue weighted by Gasteiger charge is -2.13. The lowest BCUT2D eigenvalue weighted by atomic mass is 10.3. The highest BCUT2D eigenvalue weighted by molar-refractivity contribution is 6.35. The smallest absolute Gasteiger partial charge is 0.373 e. The number of carbonyl (C=O) groups excluding carboxylic acids is 1. The van der Waals surface area contributed by atoms with Gasteiger partial charge in [0, 0.05) is 19.8 Å². The third kappa shape index (κ3) is 4.63. The van der Waals surface area contributed by atoms with Gasteiger partial charge in [-0.1, -0.05) is 19.9 Å². The minimum Gasteiger partial charge on any atom is -0.463 e. The molecule has 4 nitrogen and oxygen atoms in total. The minimum absolute atomic E-state index is 0.332. The molecule has 0 aromatic carbocycles. The van der Waals surface area contributed by atoms with Gasteiger partial charge in [-0.25, -0.2) is 9.79 Å². The molecule has 0 fully saturated rings.